The first-order chi connectivity index (χ1) is 11.5. The number of hydrogen-bond acceptors (Lipinski definition) is 4. The van der Waals surface area contributed by atoms with E-state index in [1.54, 1.807) is 6.20 Å². The molecule has 2 aromatic heterocycles. The van der Waals surface area contributed by atoms with Gasteiger partial charge < -0.3 is 4.90 Å². The number of likely N-dealkylation sites (tertiary alicyclic amines) is 1. The van der Waals surface area contributed by atoms with Gasteiger partial charge in [0.15, 0.2) is 0 Å². The monoisotopic (exact) mass is 327 g/mol. The molecule has 6 nitrogen and oxygen atoms in total. The second kappa shape index (κ2) is 7.13. The van der Waals surface area contributed by atoms with Crippen LogP contribution in [0.4, 0.5) is 0 Å². The highest BCUT2D eigenvalue weighted by Crippen LogP contribution is 2.23. The molecule has 3 rings (SSSR count). The number of amides is 1. The number of likely N-dealkylation sites (N-methyl/N-ethyl adjacent to an activating group) is 1. The summed E-state index contributed by atoms with van der Waals surface area (Å²) >= 11 is 0. The number of hydrogen-bond donors (Lipinski definition) is 0. The lowest BCUT2D eigenvalue weighted by Crippen LogP contribution is -2.37. The third kappa shape index (κ3) is 3.82. The fraction of sp³-hybridized carbons (Fsp3) is 0.500. The van der Waals surface area contributed by atoms with Crippen LogP contribution in [0.3, 0.4) is 0 Å². The van der Waals surface area contributed by atoms with Crippen molar-refractivity contribution < 1.29 is 4.79 Å². The van der Waals surface area contributed by atoms with E-state index in [0.29, 0.717) is 12.6 Å². The summed E-state index contributed by atoms with van der Waals surface area (Å²) in [6, 6.07) is 6.34. The first kappa shape index (κ1) is 16.6. The van der Waals surface area contributed by atoms with Gasteiger partial charge in [-0.25, -0.2) is 0 Å². The highest BCUT2D eigenvalue weighted by Gasteiger charge is 2.29. The Kier molecular flexibility index (Phi) is 4.94. The lowest BCUT2D eigenvalue weighted by Gasteiger charge is -2.22. The van der Waals surface area contributed by atoms with Gasteiger partial charge in [-0.15, -0.1) is 0 Å². The standard InChI is InChI=1S/C18H25N5O/c1-14-9-15(2)23(20-14)17-6-8-22(12-17)18(24)13-21(3)11-16-5-4-7-19-10-16/h4-5,7,9-10,17H,6,8,11-13H2,1-3H3/t17-/m1/s1. The molecule has 0 bridgehead atoms. The average Bonchev–Trinajstić information content (AvgIpc) is 3.14. The molecule has 1 aliphatic heterocycles. The van der Waals surface area contributed by atoms with Crippen LogP contribution in [0.15, 0.2) is 30.6 Å². The number of carbonyl (C=O) groups is 1. The zero-order valence-electron chi connectivity index (χ0n) is 14.6. The molecule has 3 heterocycles. The minimum atomic E-state index is 0.186. The summed E-state index contributed by atoms with van der Waals surface area (Å²) in [5.41, 5.74) is 3.32. The van der Waals surface area contributed by atoms with E-state index in [-0.39, 0.29) is 5.91 Å². The lowest BCUT2D eigenvalue weighted by molar-refractivity contribution is -0.131. The van der Waals surface area contributed by atoms with Crippen LogP contribution >= 0.6 is 0 Å². The molecule has 1 fully saturated rings. The molecule has 0 saturated carbocycles. The van der Waals surface area contributed by atoms with Crippen molar-refractivity contribution in [3.63, 3.8) is 0 Å². The number of nitrogens with zero attached hydrogens (tertiary/aromatic N) is 5. The van der Waals surface area contributed by atoms with Crippen molar-refractivity contribution in [2.45, 2.75) is 32.9 Å². The molecule has 2 aromatic rings. The Balaban J connectivity index is 1.54. The summed E-state index contributed by atoms with van der Waals surface area (Å²) in [5.74, 6) is 0.186. The van der Waals surface area contributed by atoms with Crippen LogP contribution in [0, 0.1) is 13.8 Å². The van der Waals surface area contributed by atoms with Crippen LogP contribution in [0.1, 0.15) is 29.4 Å². The molecule has 0 radical (unpaired) electrons. The summed E-state index contributed by atoms with van der Waals surface area (Å²) in [6.07, 6.45) is 4.58. The number of carbonyl (C=O) groups excluding carboxylic acids is 1. The van der Waals surface area contributed by atoms with Gasteiger partial charge >= 0.3 is 0 Å². The fourth-order valence-electron chi connectivity index (χ4n) is 3.37. The van der Waals surface area contributed by atoms with E-state index in [1.165, 1.54) is 5.69 Å². The smallest absolute Gasteiger partial charge is 0.236 e. The molecule has 1 atom stereocenters. The normalized spacial score (nSPS) is 17.7. The van der Waals surface area contributed by atoms with Gasteiger partial charge in [0.05, 0.1) is 18.3 Å². The molecular formula is C18H25N5O. The van der Waals surface area contributed by atoms with Crippen LogP contribution in [0.2, 0.25) is 0 Å². The van der Waals surface area contributed by atoms with Crippen molar-refractivity contribution >= 4 is 5.91 Å². The highest BCUT2D eigenvalue weighted by atomic mass is 16.2. The van der Waals surface area contributed by atoms with Gasteiger partial charge in [0.25, 0.3) is 0 Å². The Morgan fingerprint density at radius 2 is 2.25 bits per heavy atom. The van der Waals surface area contributed by atoms with Gasteiger partial charge in [-0.2, -0.15) is 5.10 Å². The Morgan fingerprint density at radius 3 is 2.92 bits per heavy atom. The minimum Gasteiger partial charge on any atom is -0.339 e. The van der Waals surface area contributed by atoms with Crippen molar-refractivity contribution in [1.29, 1.82) is 0 Å². The Bertz CT molecular complexity index is 697. The molecule has 0 spiro atoms. The van der Waals surface area contributed by atoms with Crippen molar-refractivity contribution in [3.05, 3.63) is 47.5 Å². The zero-order valence-corrected chi connectivity index (χ0v) is 14.6. The SMILES string of the molecule is Cc1cc(C)n([C@@H]2CCN(C(=O)CN(C)Cc3cccnc3)C2)n1. The van der Waals surface area contributed by atoms with Gasteiger partial charge in [-0.1, -0.05) is 6.07 Å². The maximum atomic E-state index is 12.6. The molecule has 0 N–H and O–H groups in total. The Hall–Kier alpha value is -2.21. The van der Waals surface area contributed by atoms with Crippen molar-refractivity contribution in [2.75, 3.05) is 26.7 Å². The molecule has 1 aliphatic rings. The summed E-state index contributed by atoms with van der Waals surface area (Å²) in [6.45, 7) is 6.80. The molecule has 128 valence electrons. The second-order valence-electron chi connectivity index (χ2n) is 6.69. The molecule has 0 aliphatic carbocycles. The van der Waals surface area contributed by atoms with Crippen LogP contribution in [-0.4, -0.2) is 57.2 Å². The number of aromatic nitrogens is 3. The van der Waals surface area contributed by atoms with Crippen molar-refractivity contribution in [3.8, 4) is 0 Å². The van der Waals surface area contributed by atoms with E-state index in [0.717, 1.165) is 37.3 Å². The van der Waals surface area contributed by atoms with Gasteiger partial charge in [-0.3, -0.25) is 19.4 Å². The first-order valence-corrected chi connectivity index (χ1v) is 8.41. The quantitative estimate of drug-likeness (QED) is 0.840. The van der Waals surface area contributed by atoms with Crippen LogP contribution < -0.4 is 0 Å². The fourth-order valence-corrected chi connectivity index (χ4v) is 3.37. The van der Waals surface area contributed by atoms with Gasteiger partial charge in [0, 0.05) is 37.7 Å². The second-order valence-corrected chi connectivity index (χ2v) is 6.69. The van der Waals surface area contributed by atoms with E-state index < -0.39 is 0 Å². The molecule has 1 amide bonds. The third-order valence-electron chi connectivity index (χ3n) is 4.49. The number of pyridine rings is 1. The van der Waals surface area contributed by atoms with E-state index in [4.69, 9.17) is 0 Å². The summed E-state index contributed by atoms with van der Waals surface area (Å²) in [5, 5.41) is 4.56. The topological polar surface area (TPSA) is 54.3 Å². The predicted octanol–water partition coefficient (Wildman–Crippen LogP) is 1.80. The largest absolute Gasteiger partial charge is 0.339 e. The molecule has 24 heavy (non-hydrogen) atoms. The van der Waals surface area contributed by atoms with Crippen molar-refractivity contribution in [1.82, 2.24) is 24.6 Å². The van der Waals surface area contributed by atoms with Gasteiger partial charge in [0.2, 0.25) is 5.91 Å². The average molecular weight is 327 g/mol. The Labute approximate surface area is 143 Å². The van der Waals surface area contributed by atoms with Crippen LogP contribution in [0.25, 0.3) is 0 Å². The van der Waals surface area contributed by atoms with Gasteiger partial charge in [-0.05, 0) is 45.0 Å². The van der Waals surface area contributed by atoms with E-state index in [2.05, 4.69) is 27.8 Å². The van der Waals surface area contributed by atoms with Crippen LogP contribution in [-0.2, 0) is 11.3 Å². The summed E-state index contributed by atoms with van der Waals surface area (Å²) in [4.78, 5) is 20.7. The third-order valence-corrected chi connectivity index (χ3v) is 4.49. The lowest BCUT2D eigenvalue weighted by atomic mass is 10.2. The number of rotatable bonds is 5. The molecular weight excluding hydrogens is 302 g/mol. The predicted molar refractivity (Wildman–Crippen MR) is 92.5 cm³/mol. The highest BCUT2D eigenvalue weighted by molar-refractivity contribution is 5.78. The summed E-state index contributed by atoms with van der Waals surface area (Å²) in [7, 11) is 1.97. The van der Waals surface area contributed by atoms with E-state index in [9.17, 15) is 4.79 Å². The van der Waals surface area contributed by atoms with E-state index in [1.807, 2.05) is 42.1 Å². The Morgan fingerprint density at radius 1 is 1.42 bits per heavy atom. The molecule has 0 aromatic carbocycles. The molecule has 1 saturated heterocycles. The molecule has 6 heteroatoms. The van der Waals surface area contributed by atoms with Gasteiger partial charge in [0.1, 0.15) is 0 Å². The zero-order chi connectivity index (χ0) is 17.1. The minimum absolute atomic E-state index is 0.186. The number of aryl methyl sites for hydroxylation is 2. The maximum Gasteiger partial charge on any atom is 0.236 e. The van der Waals surface area contributed by atoms with Crippen LogP contribution in [0.5, 0.6) is 0 Å². The van der Waals surface area contributed by atoms with Crippen molar-refractivity contribution in [2.24, 2.45) is 0 Å². The van der Waals surface area contributed by atoms with E-state index >= 15 is 0 Å². The first-order valence-electron chi connectivity index (χ1n) is 8.41. The summed E-state index contributed by atoms with van der Waals surface area (Å²) < 4.78 is 2.07. The maximum absolute atomic E-state index is 12.6. The molecule has 0 unspecified atom stereocenters.